The zero-order valence-electron chi connectivity index (χ0n) is 17.8. The molecular weight excluding hydrogens is 477 g/mol. The van der Waals surface area contributed by atoms with Gasteiger partial charge in [-0.1, -0.05) is 29.0 Å². The number of amides is 1. The van der Waals surface area contributed by atoms with Gasteiger partial charge >= 0.3 is 0 Å². The molecule has 31 heavy (non-hydrogen) atoms. The molecule has 0 aliphatic heterocycles. The third kappa shape index (κ3) is 6.17. The van der Waals surface area contributed by atoms with E-state index in [1.165, 1.54) is 40.5 Å². The Bertz CT molecular complexity index is 1180. The number of carbonyl (C=O) groups is 1. The summed E-state index contributed by atoms with van der Waals surface area (Å²) in [5, 5.41) is 0.949. The van der Waals surface area contributed by atoms with Crippen LogP contribution in [-0.2, 0) is 14.6 Å². The highest BCUT2D eigenvalue weighted by molar-refractivity contribution is 7.92. The van der Waals surface area contributed by atoms with E-state index in [0.29, 0.717) is 23.2 Å². The first-order valence-electron chi connectivity index (χ1n) is 9.38. The highest BCUT2D eigenvalue weighted by Gasteiger charge is 2.27. The Morgan fingerprint density at radius 1 is 1.10 bits per heavy atom. The molecule has 0 atom stereocenters. The summed E-state index contributed by atoms with van der Waals surface area (Å²) in [5.74, 6) is -1.13. The molecule has 0 saturated heterocycles. The van der Waals surface area contributed by atoms with E-state index in [1.807, 2.05) is 38.9 Å². The average Bonchev–Trinajstić information content (AvgIpc) is 3.05. The molecule has 0 aliphatic rings. The molecule has 0 spiro atoms. The molecule has 0 N–H and O–H groups in total. The quantitative estimate of drug-likeness (QED) is 0.480. The topological polar surface area (TPSA) is 70.6 Å². The molecule has 168 valence electrons. The number of aromatic nitrogens is 1. The normalized spacial score (nSPS) is 11.5. The molecule has 0 bridgehead atoms. The van der Waals surface area contributed by atoms with Crippen LogP contribution in [0.25, 0.3) is 10.2 Å². The zero-order valence-corrected chi connectivity index (χ0v) is 21.0. The fourth-order valence-corrected chi connectivity index (χ4v) is 5.46. The van der Waals surface area contributed by atoms with Crippen molar-refractivity contribution in [2.45, 2.75) is 18.7 Å². The standard InChI is InChI=1S/C21H24ClN3O3S2.ClH/c1-14-11-15(2)20-18(12-14)23-21(29-20)25(10-9-24(3)4)19(26)13-30(27,28)17-7-5-16(22)6-8-17;/h5-8,11-12H,9-10,13H2,1-4H3;1H. The van der Waals surface area contributed by atoms with Gasteiger partial charge in [0.1, 0.15) is 5.75 Å². The van der Waals surface area contributed by atoms with E-state index in [4.69, 9.17) is 11.6 Å². The van der Waals surface area contributed by atoms with Crippen LogP contribution in [0.1, 0.15) is 11.1 Å². The lowest BCUT2D eigenvalue weighted by Crippen LogP contribution is -2.40. The minimum Gasteiger partial charge on any atom is -0.308 e. The van der Waals surface area contributed by atoms with Crippen molar-refractivity contribution in [3.8, 4) is 0 Å². The minimum atomic E-state index is -3.80. The second-order valence-corrected chi connectivity index (χ2v) is 10.9. The molecule has 2 aromatic carbocycles. The molecule has 0 unspecified atom stereocenters. The lowest BCUT2D eigenvalue weighted by molar-refractivity contribution is -0.116. The molecule has 0 fully saturated rings. The van der Waals surface area contributed by atoms with Crippen molar-refractivity contribution >= 4 is 66.4 Å². The number of nitrogens with zero attached hydrogens (tertiary/aromatic N) is 3. The maximum atomic E-state index is 13.1. The SMILES string of the molecule is Cc1cc(C)c2sc(N(CCN(C)C)C(=O)CS(=O)(=O)c3ccc(Cl)cc3)nc2c1.Cl. The minimum absolute atomic E-state index is 0. The number of thiazole rings is 1. The Morgan fingerprint density at radius 2 is 1.74 bits per heavy atom. The molecular formula is C21H25Cl2N3O3S2. The fraction of sp³-hybridized carbons (Fsp3) is 0.333. The average molecular weight is 502 g/mol. The van der Waals surface area contributed by atoms with Gasteiger partial charge in [0.15, 0.2) is 15.0 Å². The molecule has 0 saturated carbocycles. The number of aryl methyl sites for hydroxylation is 2. The van der Waals surface area contributed by atoms with Gasteiger partial charge in [-0.3, -0.25) is 9.69 Å². The van der Waals surface area contributed by atoms with Crippen molar-refractivity contribution in [1.29, 1.82) is 0 Å². The van der Waals surface area contributed by atoms with Crippen LogP contribution in [0.5, 0.6) is 0 Å². The van der Waals surface area contributed by atoms with Crippen molar-refractivity contribution < 1.29 is 13.2 Å². The molecule has 1 aromatic heterocycles. The molecule has 3 rings (SSSR count). The lowest BCUT2D eigenvalue weighted by atomic mass is 10.1. The van der Waals surface area contributed by atoms with Gasteiger partial charge in [0.05, 0.1) is 15.1 Å². The Hall–Kier alpha value is -1.71. The highest BCUT2D eigenvalue weighted by Crippen LogP contribution is 2.32. The van der Waals surface area contributed by atoms with Crippen molar-refractivity contribution in [2.24, 2.45) is 0 Å². The monoisotopic (exact) mass is 501 g/mol. The molecule has 0 aliphatic carbocycles. The number of benzene rings is 2. The molecule has 3 aromatic rings. The number of rotatable bonds is 7. The Morgan fingerprint density at radius 3 is 2.35 bits per heavy atom. The maximum absolute atomic E-state index is 13.1. The number of likely N-dealkylation sites (N-methyl/N-ethyl adjacent to an activating group) is 1. The Kier molecular flexibility index (Phi) is 8.47. The second kappa shape index (κ2) is 10.3. The van der Waals surface area contributed by atoms with E-state index in [-0.39, 0.29) is 17.3 Å². The highest BCUT2D eigenvalue weighted by atomic mass is 35.5. The number of halogens is 2. The van der Waals surface area contributed by atoms with E-state index in [1.54, 1.807) is 0 Å². The van der Waals surface area contributed by atoms with Gasteiger partial charge in [-0.2, -0.15) is 0 Å². The third-order valence-electron chi connectivity index (χ3n) is 4.60. The van der Waals surface area contributed by atoms with E-state index in [9.17, 15) is 13.2 Å². The number of hydrogen-bond donors (Lipinski definition) is 0. The van der Waals surface area contributed by atoms with Gasteiger partial charge < -0.3 is 4.90 Å². The zero-order chi connectivity index (χ0) is 22.1. The van der Waals surface area contributed by atoms with Crippen LogP contribution in [0.3, 0.4) is 0 Å². The van der Waals surface area contributed by atoms with E-state index >= 15 is 0 Å². The van der Waals surface area contributed by atoms with Gasteiger partial charge in [0.2, 0.25) is 5.91 Å². The van der Waals surface area contributed by atoms with Crippen LogP contribution in [-0.4, -0.2) is 57.1 Å². The van der Waals surface area contributed by atoms with Crippen LogP contribution in [0.4, 0.5) is 5.13 Å². The van der Waals surface area contributed by atoms with E-state index in [2.05, 4.69) is 11.1 Å². The number of anilines is 1. The molecule has 1 amide bonds. The summed E-state index contributed by atoms with van der Waals surface area (Å²) in [7, 11) is 0.00410. The number of sulfone groups is 1. The second-order valence-electron chi connectivity index (χ2n) is 7.49. The smallest absolute Gasteiger partial charge is 0.244 e. The Balaban J connectivity index is 0.00000341. The van der Waals surface area contributed by atoms with Gasteiger partial charge in [-0.05, 0) is 69.4 Å². The van der Waals surface area contributed by atoms with Gasteiger partial charge in [0.25, 0.3) is 0 Å². The first-order valence-corrected chi connectivity index (χ1v) is 12.2. The third-order valence-corrected chi connectivity index (χ3v) is 7.70. The maximum Gasteiger partial charge on any atom is 0.244 e. The summed E-state index contributed by atoms with van der Waals surface area (Å²) in [6, 6.07) is 9.88. The van der Waals surface area contributed by atoms with Gasteiger partial charge in [-0.25, -0.2) is 13.4 Å². The van der Waals surface area contributed by atoms with Crippen molar-refractivity contribution in [2.75, 3.05) is 37.8 Å². The largest absolute Gasteiger partial charge is 0.308 e. The fourth-order valence-electron chi connectivity index (χ4n) is 3.07. The predicted octanol–water partition coefficient (Wildman–Crippen LogP) is 4.36. The number of hydrogen-bond acceptors (Lipinski definition) is 6. The molecule has 0 radical (unpaired) electrons. The summed E-state index contributed by atoms with van der Waals surface area (Å²) in [5.41, 5.74) is 2.99. The Labute approximate surface area is 198 Å². The van der Waals surface area contributed by atoms with E-state index < -0.39 is 21.5 Å². The summed E-state index contributed by atoms with van der Waals surface area (Å²) in [4.78, 5) is 21.2. The van der Waals surface area contributed by atoms with Crippen molar-refractivity contribution in [3.05, 3.63) is 52.5 Å². The first-order chi connectivity index (χ1) is 14.1. The van der Waals surface area contributed by atoms with Crippen LogP contribution in [0.15, 0.2) is 41.3 Å². The summed E-state index contributed by atoms with van der Waals surface area (Å²) in [6.07, 6.45) is 0. The van der Waals surface area contributed by atoms with Crippen LogP contribution in [0, 0.1) is 13.8 Å². The lowest BCUT2D eigenvalue weighted by Gasteiger charge is -2.22. The number of fused-ring (bicyclic) bond motifs is 1. The summed E-state index contributed by atoms with van der Waals surface area (Å²) in [6.45, 7) is 4.94. The molecule has 1 heterocycles. The molecule has 10 heteroatoms. The number of carbonyl (C=O) groups excluding carboxylic acids is 1. The van der Waals surface area contributed by atoms with Gasteiger partial charge in [0, 0.05) is 18.1 Å². The predicted molar refractivity (Wildman–Crippen MR) is 131 cm³/mol. The van der Waals surface area contributed by atoms with Gasteiger partial charge in [-0.15, -0.1) is 12.4 Å². The first kappa shape index (κ1) is 25.5. The van der Waals surface area contributed by atoms with Crippen molar-refractivity contribution in [1.82, 2.24) is 9.88 Å². The summed E-state index contributed by atoms with van der Waals surface area (Å²) >= 11 is 7.26. The van der Waals surface area contributed by atoms with Crippen LogP contribution >= 0.6 is 35.3 Å². The van der Waals surface area contributed by atoms with Crippen molar-refractivity contribution in [3.63, 3.8) is 0 Å². The van der Waals surface area contributed by atoms with Crippen LogP contribution < -0.4 is 4.90 Å². The molecule has 6 nitrogen and oxygen atoms in total. The summed E-state index contributed by atoms with van der Waals surface area (Å²) < 4.78 is 26.6. The van der Waals surface area contributed by atoms with E-state index in [0.717, 1.165) is 21.3 Å². The van der Waals surface area contributed by atoms with Crippen LogP contribution in [0.2, 0.25) is 5.02 Å².